The Morgan fingerprint density at radius 1 is 1.42 bits per heavy atom. The van der Waals surface area contributed by atoms with Crippen LogP contribution in [-0.4, -0.2) is 38.7 Å². The van der Waals surface area contributed by atoms with Gasteiger partial charge in [0.1, 0.15) is 12.2 Å². The van der Waals surface area contributed by atoms with E-state index >= 15 is 0 Å². The summed E-state index contributed by atoms with van der Waals surface area (Å²) in [5.41, 5.74) is 1.11. The van der Waals surface area contributed by atoms with Crippen LogP contribution in [0.1, 0.15) is 43.5 Å². The number of carbonyl (C=O) groups is 1. The second-order valence-corrected chi connectivity index (χ2v) is 6.72. The summed E-state index contributed by atoms with van der Waals surface area (Å²) in [6, 6.07) is 7.72. The van der Waals surface area contributed by atoms with Crippen LogP contribution in [0.25, 0.3) is 0 Å². The van der Waals surface area contributed by atoms with Crippen LogP contribution in [0.5, 0.6) is 0 Å². The summed E-state index contributed by atoms with van der Waals surface area (Å²) in [6.07, 6.45) is 5.11. The van der Waals surface area contributed by atoms with E-state index in [0.717, 1.165) is 55.3 Å². The van der Waals surface area contributed by atoms with Gasteiger partial charge in [0.2, 0.25) is 5.91 Å². The first-order valence-electron chi connectivity index (χ1n) is 8.57. The SMILES string of the molecule is CCn1cnnc1C1CCCN(C(=O)CCc2cccc(Cl)c2)C1. The van der Waals surface area contributed by atoms with Crippen LogP contribution in [0.3, 0.4) is 0 Å². The van der Waals surface area contributed by atoms with Crippen molar-refractivity contribution in [3.8, 4) is 0 Å². The monoisotopic (exact) mass is 346 g/mol. The maximum atomic E-state index is 12.6. The maximum absolute atomic E-state index is 12.6. The summed E-state index contributed by atoms with van der Waals surface area (Å²) in [5, 5.41) is 9.01. The van der Waals surface area contributed by atoms with Crippen molar-refractivity contribution in [3.63, 3.8) is 0 Å². The summed E-state index contributed by atoms with van der Waals surface area (Å²) < 4.78 is 2.07. The molecule has 3 rings (SSSR count). The van der Waals surface area contributed by atoms with Crippen molar-refractivity contribution < 1.29 is 4.79 Å². The third-order valence-corrected chi connectivity index (χ3v) is 4.88. The number of rotatable bonds is 5. The number of piperidine rings is 1. The van der Waals surface area contributed by atoms with Gasteiger partial charge in [-0.05, 0) is 43.9 Å². The molecule has 6 heteroatoms. The van der Waals surface area contributed by atoms with Crippen LogP contribution in [0.2, 0.25) is 5.02 Å². The molecule has 1 aliphatic rings. The molecular formula is C18H23ClN4O. The molecule has 1 saturated heterocycles. The van der Waals surface area contributed by atoms with Crippen molar-refractivity contribution in [2.75, 3.05) is 13.1 Å². The van der Waals surface area contributed by atoms with E-state index in [-0.39, 0.29) is 11.8 Å². The summed E-state index contributed by atoms with van der Waals surface area (Å²) in [5.74, 6) is 1.50. The van der Waals surface area contributed by atoms with Crippen LogP contribution in [-0.2, 0) is 17.8 Å². The lowest BCUT2D eigenvalue weighted by molar-refractivity contribution is -0.132. The Kier molecular flexibility index (Phi) is 5.51. The van der Waals surface area contributed by atoms with Crippen LogP contribution in [0.4, 0.5) is 0 Å². The smallest absolute Gasteiger partial charge is 0.222 e. The van der Waals surface area contributed by atoms with Crippen LogP contribution >= 0.6 is 11.6 Å². The number of hydrogen-bond acceptors (Lipinski definition) is 3. The van der Waals surface area contributed by atoms with Gasteiger partial charge in [-0.2, -0.15) is 0 Å². The molecule has 0 radical (unpaired) electrons. The van der Waals surface area contributed by atoms with Gasteiger partial charge in [0.15, 0.2) is 0 Å². The molecule has 1 aromatic heterocycles. The van der Waals surface area contributed by atoms with Crippen molar-refractivity contribution in [2.24, 2.45) is 0 Å². The van der Waals surface area contributed by atoms with Gasteiger partial charge in [0.25, 0.3) is 0 Å². The molecule has 0 N–H and O–H groups in total. The van der Waals surface area contributed by atoms with Crippen molar-refractivity contribution in [1.82, 2.24) is 19.7 Å². The Morgan fingerprint density at radius 2 is 2.29 bits per heavy atom. The van der Waals surface area contributed by atoms with E-state index in [1.807, 2.05) is 29.2 Å². The quantitative estimate of drug-likeness (QED) is 0.834. The average molecular weight is 347 g/mol. The van der Waals surface area contributed by atoms with Crippen LogP contribution in [0.15, 0.2) is 30.6 Å². The fraction of sp³-hybridized carbons (Fsp3) is 0.500. The minimum absolute atomic E-state index is 0.210. The Morgan fingerprint density at radius 3 is 3.08 bits per heavy atom. The Hall–Kier alpha value is -1.88. The first-order chi connectivity index (χ1) is 11.7. The third-order valence-electron chi connectivity index (χ3n) is 4.64. The zero-order valence-electron chi connectivity index (χ0n) is 14.0. The van der Waals surface area contributed by atoms with Gasteiger partial charge in [-0.15, -0.1) is 10.2 Å². The second kappa shape index (κ2) is 7.79. The number of halogens is 1. The molecule has 0 bridgehead atoms. The highest BCUT2D eigenvalue weighted by Crippen LogP contribution is 2.26. The van der Waals surface area contributed by atoms with Gasteiger partial charge in [-0.25, -0.2) is 0 Å². The molecule has 24 heavy (non-hydrogen) atoms. The second-order valence-electron chi connectivity index (χ2n) is 6.28. The van der Waals surface area contributed by atoms with Crippen molar-refractivity contribution in [2.45, 2.75) is 45.1 Å². The minimum atomic E-state index is 0.210. The van der Waals surface area contributed by atoms with Gasteiger partial charge in [-0.3, -0.25) is 4.79 Å². The molecule has 1 unspecified atom stereocenters. The molecule has 0 spiro atoms. The number of nitrogens with zero attached hydrogens (tertiary/aromatic N) is 4. The molecule has 0 aliphatic carbocycles. The van der Waals surface area contributed by atoms with Gasteiger partial charge in [-0.1, -0.05) is 23.7 Å². The average Bonchev–Trinajstić information content (AvgIpc) is 3.08. The number of aryl methyl sites for hydroxylation is 2. The summed E-state index contributed by atoms with van der Waals surface area (Å²) in [4.78, 5) is 14.6. The lowest BCUT2D eigenvalue weighted by atomic mass is 9.96. The zero-order valence-corrected chi connectivity index (χ0v) is 14.7. The van der Waals surface area contributed by atoms with E-state index in [2.05, 4.69) is 21.7 Å². The van der Waals surface area contributed by atoms with E-state index in [1.54, 1.807) is 6.33 Å². The van der Waals surface area contributed by atoms with E-state index in [9.17, 15) is 4.79 Å². The minimum Gasteiger partial charge on any atom is -0.342 e. The van der Waals surface area contributed by atoms with Gasteiger partial charge in [0.05, 0.1) is 0 Å². The molecule has 5 nitrogen and oxygen atoms in total. The van der Waals surface area contributed by atoms with Crippen molar-refractivity contribution >= 4 is 17.5 Å². The number of likely N-dealkylation sites (tertiary alicyclic amines) is 1. The highest BCUT2D eigenvalue weighted by Gasteiger charge is 2.27. The van der Waals surface area contributed by atoms with Crippen molar-refractivity contribution in [1.29, 1.82) is 0 Å². The molecule has 2 aromatic rings. The summed E-state index contributed by atoms with van der Waals surface area (Å²) in [7, 11) is 0. The summed E-state index contributed by atoms with van der Waals surface area (Å²) in [6.45, 7) is 4.53. The lowest BCUT2D eigenvalue weighted by Crippen LogP contribution is -2.39. The molecule has 1 aromatic carbocycles. The predicted octanol–water partition coefficient (Wildman–Crippen LogP) is 3.29. The molecule has 1 amide bonds. The fourth-order valence-electron chi connectivity index (χ4n) is 3.34. The van der Waals surface area contributed by atoms with Gasteiger partial charge >= 0.3 is 0 Å². The van der Waals surface area contributed by atoms with E-state index in [1.165, 1.54) is 0 Å². The summed E-state index contributed by atoms with van der Waals surface area (Å²) >= 11 is 6.00. The number of hydrogen-bond donors (Lipinski definition) is 0. The van der Waals surface area contributed by atoms with E-state index in [4.69, 9.17) is 11.6 Å². The van der Waals surface area contributed by atoms with E-state index < -0.39 is 0 Å². The Bertz CT molecular complexity index is 700. The molecule has 1 fully saturated rings. The van der Waals surface area contributed by atoms with E-state index in [0.29, 0.717) is 6.42 Å². The molecule has 2 heterocycles. The first kappa shape index (κ1) is 17.0. The topological polar surface area (TPSA) is 51.0 Å². The number of benzene rings is 1. The number of amides is 1. The molecule has 128 valence electrons. The molecule has 1 atom stereocenters. The first-order valence-corrected chi connectivity index (χ1v) is 8.95. The van der Waals surface area contributed by atoms with Gasteiger partial charge in [0, 0.05) is 37.0 Å². The van der Waals surface area contributed by atoms with Gasteiger partial charge < -0.3 is 9.47 Å². The van der Waals surface area contributed by atoms with Crippen LogP contribution in [0, 0.1) is 0 Å². The van der Waals surface area contributed by atoms with Crippen molar-refractivity contribution in [3.05, 3.63) is 47.0 Å². The zero-order chi connectivity index (χ0) is 16.9. The number of aromatic nitrogens is 3. The molecule has 1 aliphatic heterocycles. The standard InChI is InChI=1S/C18H23ClN4O/c1-2-22-13-20-21-18(22)15-6-4-10-23(12-15)17(24)9-8-14-5-3-7-16(19)11-14/h3,5,7,11,13,15H,2,4,6,8-10,12H2,1H3. The molecule has 0 saturated carbocycles. The predicted molar refractivity (Wildman–Crippen MR) is 94.0 cm³/mol. The third kappa shape index (κ3) is 3.96. The highest BCUT2D eigenvalue weighted by atomic mass is 35.5. The Labute approximate surface area is 147 Å². The fourth-order valence-corrected chi connectivity index (χ4v) is 3.55. The molecular weight excluding hydrogens is 324 g/mol. The van der Waals surface area contributed by atoms with Crippen LogP contribution < -0.4 is 0 Å². The lowest BCUT2D eigenvalue weighted by Gasteiger charge is -2.32. The highest BCUT2D eigenvalue weighted by molar-refractivity contribution is 6.30. The Balaban J connectivity index is 1.59. The normalized spacial score (nSPS) is 17.9. The number of carbonyl (C=O) groups excluding carboxylic acids is 1. The largest absolute Gasteiger partial charge is 0.342 e. The maximum Gasteiger partial charge on any atom is 0.222 e.